The standard InChI is InChI=1S/C8H14O2/c1-6-3-4-8(2,10)7(9)5-6/h3,7,9-10H,4-5H2,1-2H3. The van der Waals surface area contributed by atoms with Crippen LogP contribution in [0.4, 0.5) is 0 Å². The van der Waals surface area contributed by atoms with E-state index >= 15 is 0 Å². The molecular weight excluding hydrogens is 128 g/mol. The van der Waals surface area contributed by atoms with Gasteiger partial charge < -0.3 is 10.2 Å². The zero-order chi connectivity index (χ0) is 7.78. The third kappa shape index (κ3) is 1.39. The van der Waals surface area contributed by atoms with Crippen molar-refractivity contribution >= 4 is 0 Å². The topological polar surface area (TPSA) is 40.5 Å². The first kappa shape index (κ1) is 7.76. The fourth-order valence-electron chi connectivity index (χ4n) is 1.13. The van der Waals surface area contributed by atoms with Gasteiger partial charge in [-0.25, -0.2) is 0 Å². The van der Waals surface area contributed by atoms with Gasteiger partial charge in [0, 0.05) is 0 Å². The second kappa shape index (κ2) is 2.36. The number of rotatable bonds is 0. The minimum atomic E-state index is -0.903. The molecule has 0 fully saturated rings. The van der Waals surface area contributed by atoms with Gasteiger partial charge in [0.2, 0.25) is 0 Å². The predicted octanol–water partition coefficient (Wildman–Crippen LogP) is 0.838. The normalized spacial score (nSPS) is 41.2. The third-order valence-electron chi connectivity index (χ3n) is 2.10. The van der Waals surface area contributed by atoms with Crippen LogP contribution in [0.2, 0.25) is 0 Å². The molecule has 58 valence electrons. The SMILES string of the molecule is CC1=CCC(C)(O)C(O)C1. The second-order valence-electron chi connectivity index (χ2n) is 3.33. The van der Waals surface area contributed by atoms with Crippen LogP contribution in [0, 0.1) is 0 Å². The zero-order valence-corrected chi connectivity index (χ0v) is 6.46. The molecule has 2 unspecified atom stereocenters. The van der Waals surface area contributed by atoms with E-state index in [-0.39, 0.29) is 0 Å². The minimum Gasteiger partial charge on any atom is -0.390 e. The van der Waals surface area contributed by atoms with Gasteiger partial charge in [-0.1, -0.05) is 11.6 Å². The third-order valence-corrected chi connectivity index (χ3v) is 2.10. The highest BCUT2D eigenvalue weighted by molar-refractivity contribution is 5.10. The Morgan fingerprint density at radius 1 is 1.70 bits per heavy atom. The van der Waals surface area contributed by atoms with E-state index in [9.17, 15) is 10.2 Å². The van der Waals surface area contributed by atoms with Crippen molar-refractivity contribution in [3.8, 4) is 0 Å². The van der Waals surface area contributed by atoms with E-state index in [2.05, 4.69) is 0 Å². The van der Waals surface area contributed by atoms with Gasteiger partial charge >= 0.3 is 0 Å². The molecule has 2 nitrogen and oxygen atoms in total. The van der Waals surface area contributed by atoms with Crippen LogP contribution in [0.3, 0.4) is 0 Å². The van der Waals surface area contributed by atoms with E-state index in [4.69, 9.17) is 0 Å². The van der Waals surface area contributed by atoms with Gasteiger partial charge in [-0.2, -0.15) is 0 Å². The Morgan fingerprint density at radius 3 is 2.70 bits per heavy atom. The summed E-state index contributed by atoms with van der Waals surface area (Å²) in [6.07, 6.45) is 2.57. The Kier molecular flexibility index (Phi) is 1.84. The van der Waals surface area contributed by atoms with Crippen molar-refractivity contribution in [1.82, 2.24) is 0 Å². The van der Waals surface area contributed by atoms with E-state index < -0.39 is 11.7 Å². The van der Waals surface area contributed by atoms with E-state index in [0.717, 1.165) is 0 Å². The molecule has 0 saturated heterocycles. The summed E-state index contributed by atoms with van der Waals surface area (Å²) in [5.74, 6) is 0. The fraction of sp³-hybridized carbons (Fsp3) is 0.750. The molecule has 0 aliphatic heterocycles. The van der Waals surface area contributed by atoms with Crippen molar-refractivity contribution in [2.24, 2.45) is 0 Å². The van der Waals surface area contributed by atoms with Crippen LogP contribution in [0.5, 0.6) is 0 Å². The Morgan fingerprint density at radius 2 is 2.30 bits per heavy atom. The summed E-state index contributed by atoms with van der Waals surface area (Å²) >= 11 is 0. The molecule has 2 N–H and O–H groups in total. The van der Waals surface area contributed by atoms with Gasteiger partial charge in [-0.05, 0) is 26.7 Å². The number of aliphatic hydroxyl groups is 2. The van der Waals surface area contributed by atoms with Crippen LogP contribution >= 0.6 is 0 Å². The van der Waals surface area contributed by atoms with Crippen molar-refractivity contribution < 1.29 is 10.2 Å². The maximum Gasteiger partial charge on any atom is 0.0914 e. The van der Waals surface area contributed by atoms with Gasteiger partial charge in [0.15, 0.2) is 0 Å². The highest BCUT2D eigenvalue weighted by Crippen LogP contribution is 2.26. The van der Waals surface area contributed by atoms with Crippen LogP contribution in [0.25, 0.3) is 0 Å². The van der Waals surface area contributed by atoms with Crippen molar-refractivity contribution in [1.29, 1.82) is 0 Å². The van der Waals surface area contributed by atoms with E-state index in [0.29, 0.717) is 12.8 Å². The molecule has 0 aromatic rings. The molecule has 1 aliphatic carbocycles. The molecule has 0 bridgehead atoms. The lowest BCUT2D eigenvalue weighted by Crippen LogP contribution is -2.40. The van der Waals surface area contributed by atoms with Gasteiger partial charge in [-0.3, -0.25) is 0 Å². The smallest absolute Gasteiger partial charge is 0.0914 e. The van der Waals surface area contributed by atoms with E-state index in [1.807, 2.05) is 13.0 Å². The first-order valence-electron chi connectivity index (χ1n) is 3.58. The Balaban J connectivity index is 2.70. The molecular formula is C8H14O2. The number of hydrogen-bond donors (Lipinski definition) is 2. The second-order valence-corrected chi connectivity index (χ2v) is 3.33. The minimum absolute atomic E-state index is 0.569. The first-order valence-corrected chi connectivity index (χ1v) is 3.58. The molecule has 0 saturated carbocycles. The lowest BCUT2D eigenvalue weighted by Gasteiger charge is -2.32. The van der Waals surface area contributed by atoms with Crippen LogP contribution in [-0.2, 0) is 0 Å². The van der Waals surface area contributed by atoms with Crippen LogP contribution < -0.4 is 0 Å². The van der Waals surface area contributed by atoms with Gasteiger partial charge in [0.05, 0.1) is 11.7 Å². The molecule has 1 rings (SSSR count). The lowest BCUT2D eigenvalue weighted by atomic mass is 9.85. The highest BCUT2D eigenvalue weighted by Gasteiger charge is 2.31. The van der Waals surface area contributed by atoms with Crippen LogP contribution in [0.1, 0.15) is 26.7 Å². The number of aliphatic hydroxyl groups excluding tert-OH is 1. The predicted molar refractivity (Wildman–Crippen MR) is 39.6 cm³/mol. The summed E-state index contributed by atoms with van der Waals surface area (Å²) in [5.41, 5.74) is 0.263. The first-order chi connectivity index (χ1) is 4.52. The van der Waals surface area contributed by atoms with E-state index in [1.54, 1.807) is 6.92 Å². The summed E-state index contributed by atoms with van der Waals surface area (Å²) in [5, 5.41) is 18.8. The van der Waals surface area contributed by atoms with Crippen molar-refractivity contribution in [2.75, 3.05) is 0 Å². The Bertz CT molecular complexity index is 159. The molecule has 0 heterocycles. The van der Waals surface area contributed by atoms with Crippen LogP contribution in [-0.4, -0.2) is 21.9 Å². The van der Waals surface area contributed by atoms with Crippen molar-refractivity contribution in [3.63, 3.8) is 0 Å². The molecule has 0 amide bonds. The maximum atomic E-state index is 9.47. The maximum absolute atomic E-state index is 9.47. The van der Waals surface area contributed by atoms with Crippen molar-refractivity contribution in [3.05, 3.63) is 11.6 Å². The summed E-state index contributed by atoms with van der Waals surface area (Å²) in [4.78, 5) is 0. The molecule has 2 heteroatoms. The summed E-state index contributed by atoms with van der Waals surface area (Å²) < 4.78 is 0. The summed E-state index contributed by atoms with van der Waals surface area (Å²) in [6, 6.07) is 0. The van der Waals surface area contributed by atoms with Gasteiger partial charge in [-0.15, -0.1) is 0 Å². The van der Waals surface area contributed by atoms with Crippen molar-refractivity contribution in [2.45, 2.75) is 38.4 Å². The van der Waals surface area contributed by atoms with E-state index in [1.165, 1.54) is 5.57 Å². The molecule has 2 atom stereocenters. The average Bonchev–Trinajstić information content (AvgIpc) is 1.81. The monoisotopic (exact) mass is 142 g/mol. The van der Waals surface area contributed by atoms with Gasteiger partial charge in [0.25, 0.3) is 0 Å². The Hall–Kier alpha value is -0.340. The average molecular weight is 142 g/mol. The Labute approximate surface area is 61.2 Å². The summed E-state index contributed by atoms with van der Waals surface area (Å²) in [7, 11) is 0. The highest BCUT2D eigenvalue weighted by atomic mass is 16.3. The molecule has 10 heavy (non-hydrogen) atoms. The fourth-order valence-corrected chi connectivity index (χ4v) is 1.13. The summed E-state index contributed by atoms with van der Waals surface area (Å²) in [6.45, 7) is 3.64. The lowest BCUT2D eigenvalue weighted by molar-refractivity contribution is -0.0632. The zero-order valence-electron chi connectivity index (χ0n) is 6.46. The molecule has 0 radical (unpaired) electrons. The van der Waals surface area contributed by atoms with Gasteiger partial charge in [0.1, 0.15) is 0 Å². The largest absolute Gasteiger partial charge is 0.390 e. The quantitative estimate of drug-likeness (QED) is 0.492. The molecule has 1 aliphatic rings. The number of hydrogen-bond acceptors (Lipinski definition) is 2. The molecule has 0 aromatic heterocycles. The molecule has 0 aromatic carbocycles. The molecule has 0 spiro atoms. The van der Waals surface area contributed by atoms with Crippen LogP contribution in [0.15, 0.2) is 11.6 Å².